The molecule has 1 unspecified atom stereocenters. The Bertz CT molecular complexity index is 242. The van der Waals surface area contributed by atoms with Crippen LogP contribution in [0.2, 0.25) is 0 Å². The van der Waals surface area contributed by atoms with Crippen molar-refractivity contribution in [2.24, 2.45) is 0 Å². The molecule has 0 heterocycles. The average Bonchev–Trinajstić information content (AvgIpc) is 1.88. The summed E-state index contributed by atoms with van der Waals surface area (Å²) >= 11 is -2.97. The molecule has 0 spiro atoms. The number of hydrogen-bond donors (Lipinski definition) is 2. The number of phenols is 1. The first-order valence-corrected chi connectivity index (χ1v) is 5.19. The predicted molar refractivity (Wildman–Crippen MR) is 36.4 cm³/mol. The molecule has 3 nitrogen and oxygen atoms in total. The molecule has 4 heteroatoms. The van der Waals surface area contributed by atoms with E-state index in [0.717, 1.165) is 0 Å². The first-order chi connectivity index (χ1) is 4.70. The fourth-order valence-corrected chi connectivity index (χ4v) is 1.43. The van der Waals surface area contributed by atoms with E-state index < -0.39 is 14.9 Å². The maximum atomic E-state index is 10.5. The quantitative estimate of drug-likeness (QED) is 0.602. The van der Waals surface area contributed by atoms with E-state index in [-0.39, 0.29) is 5.75 Å². The van der Waals surface area contributed by atoms with E-state index in [1.54, 1.807) is 0 Å². The zero-order valence-corrected chi connectivity index (χ0v) is 6.94. The van der Waals surface area contributed by atoms with E-state index in [1.807, 2.05) is 0 Å². The van der Waals surface area contributed by atoms with Gasteiger partial charge in [-0.3, -0.25) is 0 Å². The van der Waals surface area contributed by atoms with Gasteiger partial charge in [-0.05, 0) is 0 Å². The van der Waals surface area contributed by atoms with E-state index in [1.165, 1.54) is 24.3 Å². The molecule has 1 radical (unpaired) electrons. The molecule has 1 atom stereocenters. The normalized spacial score (nSPS) is 11.1. The van der Waals surface area contributed by atoms with Gasteiger partial charge in [0.2, 0.25) is 0 Å². The third-order valence-electron chi connectivity index (χ3n) is 1.07. The molecule has 0 aliphatic heterocycles. The summed E-state index contributed by atoms with van der Waals surface area (Å²) < 4.78 is 19.5. The van der Waals surface area contributed by atoms with E-state index in [9.17, 15) is 3.74 Å². The Morgan fingerprint density at radius 3 is 2.10 bits per heavy atom. The van der Waals surface area contributed by atoms with Crippen LogP contribution in [0, 0.1) is 0 Å². The minimum absolute atomic E-state index is 0.111. The first kappa shape index (κ1) is 7.45. The summed E-state index contributed by atoms with van der Waals surface area (Å²) in [7, 11) is 0. The zero-order chi connectivity index (χ0) is 7.56. The summed E-state index contributed by atoms with van der Waals surface area (Å²) in [4.78, 5) is 0. The van der Waals surface area contributed by atoms with Crippen LogP contribution in [0.25, 0.3) is 0 Å². The van der Waals surface area contributed by atoms with Gasteiger partial charge in [0.1, 0.15) is 0 Å². The van der Waals surface area contributed by atoms with Gasteiger partial charge in [-0.2, -0.15) is 0 Å². The van der Waals surface area contributed by atoms with E-state index in [4.69, 9.17) is 9.20 Å². The number of rotatable bonds is 1. The van der Waals surface area contributed by atoms with Gasteiger partial charge in [0.05, 0.1) is 0 Å². The third kappa shape index (κ3) is 1.66. The Morgan fingerprint density at radius 1 is 1.20 bits per heavy atom. The van der Waals surface area contributed by atoms with Crippen LogP contribution in [-0.2, 0) is 3.74 Å². The Balaban J connectivity index is 3.00. The van der Waals surface area contributed by atoms with Crippen LogP contribution in [0.4, 0.5) is 0 Å². The molecule has 0 bridgehead atoms. The molecule has 1 aromatic rings. The van der Waals surface area contributed by atoms with E-state index in [0.29, 0.717) is 4.35 Å². The van der Waals surface area contributed by atoms with Crippen LogP contribution >= 0.6 is 0 Å². The van der Waals surface area contributed by atoms with E-state index in [2.05, 4.69) is 0 Å². The molecule has 0 amide bonds. The van der Waals surface area contributed by atoms with Crippen LogP contribution in [0.15, 0.2) is 24.3 Å². The van der Waals surface area contributed by atoms with Crippen molar-refractivity contribution in [3.05, 3.63) is 24.3 Å². The summed E-state index contributed by atoms with van der Waals surface area (Å²) in [6, 6.07) is 5.68. The summed E-state index contributed by atoms with van der Waals surface area (Å²) in [6.45, 7) is 0. The monoisotopic (exact) mass is 201 g/mol. The van der Waals surface area contributed by atoms with Crippen molar-refractivity contribution >= 4 is 19.3 Å². The molecule has 53 valence electrons. The van der Waals surface area contributed by atoms with Gasteiger partial charge < -0.3 is 0 Å². The van der Waals surface area contributed by atoms with Crippen LogP contribution < -0.4 is 4.35 Å². The van der Waals surface area contributed by atoms with Crippen molar-refractivity contribution in [2.45, 2.75) is 0 Å². The van der Waals surface area contributed by atoms with Gasteiger partial charge in [-0.15, -0.1) is 0 Å². The SMILES string of the molecule is O=[As](O)c1ccc(O)cc1. The van der Waals surface area contributed by atoms with Gasteiger partial charge >= 0.3 is 62.2 Å². The Hall–Kier alpha value is -0.662. The van der Waals surface area contributed by atoms with Gasteiger partial charge in [-0.25, -0.2) is 0 Å². The first-order valence-electron chi connectivity index (χ1n) is 2.65. The van der Waals surface area contributed by atoms with Crippen LogP contribution in [-0.4, -0.2) is 24.1 Å². The number of phenolic OH excluding ortho intramolecular Hbond substituents is 1. The van der Waals surface area contributed by atoms with Crippen LogP contribution in [0.1, 0.15) is 0 Å². The van der Waals surface area contributed by atoms with Crippen molar-refractivity contribution in [3.63, 3.8) is 0 Å². The Morgan fingerprint density at radius 2 is 1.70 bits per heavy atom. The van der Waals surface area contributed by atoms with Gasteiger partial charge in [0, 0.05) is 0 Å². The molecule has 0 aliphatic carbocycles. The van der Waals surface area contributed by atoms with Crippen molar-refractivity contribution in [1.82, 2.24) is 0 Å². The standard InChI is InChI=1S/C6H6AsO3/c8-6-3-1-5(2-4-6)7(9)10/h1-4,8H,(H,9,10). The molecule has 0 saturated carbocycles. The fraction of sp³-hybridized carbons (Fsp3) is 0. The Labute approximate surface area is 62.8 Å². The van der Waals surface area contributed by atoms with Crippen LogP contribution in [0.5, 0.6) is 5.75 Å². The molecule has 0 saturated heterocycles. The molecule has 0 aliphatic rings. The number of aromatic hydroxyl groups is 1. The molecular weight excluding hydrogens is 195 g/mol. The number of benzene rings is 1. The summed E-state index contributed by atoms with van der Waals surface area (Å²) in [5, 5.41) is 8.77. The van der Waals surface area contributed by atoms with Gasteiger partial charge in [0.25, 0.3) is 0 Å². The molecule has 10 heavy (non-hydrogen) atoms. The second kappa shape index (κ2) is 2.95. The molecule has 1 rings (SSSR count). The predicted octanol–water partition coefficient (Wildman–Crippen LogP) is -0.490. The van der Waals surface area contributed by atoms with Gasteiger partial charge in [-0.1, -0.05) is 0 Å². The van der Waals surface area contributed by atoms with Crippen molar-refractivity contribution in [2.75, 3.05) is 0 Å². The zero-order valence-electron chi connectivity index (χ0n) is 5.06. The van der Waals surface area contributed by atoms with Crippen molar-refractivity contribution in [3.8, 4) is 5.75 Å². The fourth-order valence-electron chi connectivity index (χ4n) is 0.580. The van der Waals surface area contributed by atoms with E-state index >= 15 is 0 Å². The molecule has 2 N–H and O–H groups in total. The van der Waals surface area contributed by atoms with Gasteiger partial charge in [0.15, 0.2) is 0 Å². The van der Waals surface area contributed by atoms with Crippen molar-refractivity contribution in [1.29, 1.82) is 0 Å². The minimum atomic E-state index is -2.97. The third-order valence-corrected chi connectivity index (χ3v) is 2.62. The molecule has 1 aromatic carbocycles. The maximum absolute atomic E-state index is 10.5. The molecular formula is C6H6AsO3. The second-order valence-electron chi connectivity index (χ2n) is 1.79. The second-order valence-corrected chi connectivity index (χ2v) is 4.02. The number of hydrogen-bond acceptors (Lipinski definition) is 2. The summed E-state index contributed by atoms with van der Waals surface area (Å²) in [5.41, 5.74) is 0. The van der Waals surface area contributed by atoms with Crippen LogP contribution in [0.3, 0.4) is 0 Å². The van der Waals surface area contributed by atoms with Crippen molar-refractivity contribution < 1.29 is 12.9 Å². The summed E-state index contributed by atoms with van der Waals surface area (Å²) in [5.74, 6) is 0.111. The summed E-state index contributed by atoms with van der Waals surface area (Å²) in [6.07, 6.45) is 0. The molecule has 0 fully saturated rings. The Kier molecular flexibility index (Phi) is 2.20. The average molecular weight is 201 g/mol. The molecule has 0 aromatic heterocycles. The topological polar surface area (TPSA) is 57.5 Å².